The van der Waals surface area contributed by atoms with Crippen molar-refractivity contribution >= 4 is 29.0 Å². The number of halogens is 1. The largest absolute Gasteiger partial charge is 0.497 e. The third kappa shape index (κ3) is 3.89. The molecule has 0 heterocycles. The minimum absolute atomic E-state index is 0.350. The van der Waals surface area contributed by atoms with Crippen molar-refractivity contribution in [3.05, 3.63) is 52.5 Å². The Hall–Kier alpha value is -2.20. The van der Waals surface area contributed by atoms with Crippen LogP contribution in [-0.4, -0.2) is 13.1 Å². The molecule has 21 heavy (non-hydrogen) atoms. The maximum absolute atomic E-state index is 12.0. The molecular formula is C16H17ClN2O2. The molecule has 2 N–H and O–H groups in total. The lowest BCUT2D eigenvalue weighted by Crippen LogP contribution is -2.20. The van der Waals surface area contributed by atoms with Gasteiger partial charge >= 0.3 is 6.03 Å². The zero-order chi connectivity index (χ0) is 15.4. The number of nitrogens with one attached hydrogen (secondary N) is 2. The topological polar surface area (TPSA) is 50.4 Å². The molecule has 0 fully saturated rings. The van der Waals surface area contributed by atoms with Gasteiger partial charge in [-0.05, 0) is 43.2 Å². The van der Waals surface area contributed by atoms with Crippen LogP contribution in [-0.2, 0) is 0 Å². The fourth-order valence-electron chi connectivity index (χ4n) is 2.05. The average Bonchev–Trinajstić information content (AvgIpc) is 2.43. The van der Waals surface area contributed by atoms with Crippen molar-refractivity contribution in [2.75, 3.05) is 17.7 Å². The van der Waals surface area contributed by atoms with Crippen LogP contribution in [0.2, 0.25) is 5.02 Å². The number of anilines is 2. The lowest BCUT2D eigenvalue weighted by atomic mass is 10.1. The van der Waals surface area contributed by atoms with Gasteiger partial charge in [0.25, 0.3) is 0 Å². The first-order chi connectivity index (χ1) is 9.99. The molecule has 0 bridgehead atoms. The number of rotatable bonds is 3. The number of carbonyl (C=O) groups is 1. The van der Waals surface area contributed by atoms with Crippen LogP contribution in [0, 0.1) is 13.8 Å². The van der Waals surface area contributed by atoms with Gasteiger partial charge in [0, 0.05) is 11.8 Å². The molecule has 5 heteroatoms. The standard InChI is InChI=1S/C16H17ClN2O2/c1-10-7-11(2)15(14(17)8-10)19-16(20)18-12-5-4-6-13(9-12)21-3/h4-9H,1-3H3,(H2,18,19,20). The summed E-state index contributed by atoms with van der Waals surface area (Å²) in [5.41, 5.74) is 3.23. The van der Waals surface area contributed by atoms with E-state index < -0.39 is 0 Å². The van der Waals surface area contributed by atoms with E-state index >= 15 is 0 Å². The Morgan fingerprint density at radius 3 is 2.57 bits per heavy atom. The average molecular weight is 305 g/mol. The highest BCUT2D eigenvalue weighted by Crippen LogP contribution is 2.27. The summed E-state index contributed by atoms with van der Waals surface area (Å²) in [5, 5.41) is 6.04. The summed E-state index contributed by atoms with van der Waals surface area (Å²) < 4.78 is 5.11. The fraction of sp³-hybridized carbons (Fsp3) is 0.188. The Kier molecular flexibility index (Phi) is 4.70. The Labute approximate surface area is 129 Å². The molecule has 0 aromatic heterocycles. The number of amides is 2. The molecule has 0 aliphatic rings. The molecule has 0 saturated carbocycles. The summed E-state index contributed by atoms with van der Waals surface area (Å²) in [6.07, 6.45) is 0. The smallest absolute Gasteiger partial charge is 0.323 e. The molecule has 0 unspecified atom stereocenters. The first kappa shape index (κ1) is 15.2. The Morgan fingerprint density at radius 1 is 1.14 bits per heavy atom. The van der Waals surface area contributed by atoms with Crippen molar-refractivity contribution in [2.45, 2.75) is 13.8 Å². The van der Waals surface area contributed by atoms with Crippen LogP contribution in [0.4, 0.5) is 16.2 Å². The summed E-state index contributed by atoms with van der Waals surface area (Å²) in [7, 11) is 1.58. The highest BCUT2D eigenvalue weighted by Gasteiger charge is 2.09. The predicted octanol–water partition coefficient (Wildman–Crippen LogP) is 4.61. The normalized spacial score (nSPS) is 10.1. The number of methoxy groups -OCH3 is 1. The summed E-state index contributed by atoms with van der Waals surface area (Å²) in [6.45, 7) is 3.86. The first-order valence-corrected chi connectivity index (χ1v) is 6.86. The van der Waals surface area contributed by atoms with Gasteiger partial charge in [0.1, 0.15) is 5.75 Å². The van der Waals surface area contributed by atoms with E-state index in [0.29, 0.717) is 22.1 Å². The summed E-state index contributed by atoms with van der Waals surface area (Å²) >= 11 is 6.17. The van der Waals surface area contributed by atoms with Crippen LogP contribution < -0.4 is 15.4 Å². The van der Waals surface area contributed by atoms with Crippen LogP contribution in [0.15, 0.2) is 36.4 Å². The minimum Gasteiger partial charge on any atom is -0.497 e. The van der Waals surface area contributed by atoms with Gasteiger partial charge < -0.3 is 15.4 Å². The quantitative estimate of drug-likeness (QED) is 0.870. The van der Waals surface area contributed by atoms with Gasteiger partial charge in [-0.2, -0.15) is 0 Å². The van der Waals surface area contributed by atoms with E-state index in [1.807, 2.05) is 32.0 Å². The van der Waals surface area contributed by atoms with E-state index in [2.05, 4.69) is 10.6 Å². The molecule has 4 nitrogen and oxygen atoms in total. The van der Waals surface area contributed by atoms with E-state index in [9.17, 15) is 4.79 Å². The van der Waals surface area contributed by atoms with E-state index in [1.54, 1.807) is 25.3 Å². The second-order valence-electron chi connectivity index (χ2n) is 4.75. The van der Waals surface area contributed by atoms with Gasteiger partial charge in [-0.3, -0.25) is 0 Å². The highest BCUT2D eigenvalue weighted by molar-refractivity contribution is 6.34. The Bertz CT molecular complexity index is 648. The van der Waals surface area contributed by atoms with Gasteiger partial charge in [-0.25, -0.2) is 4.79 Å². The minimum atomic E-state index is -0.350. The zero-order valence-corrected chi connectivity index (χ0v) is 12.9. The maximum atomic E-state index is 12.0. The third-order valence-corrected chi connectivity index (χ3v) is 3.30. The summed E-state index contributed by atoms with van der Waals surface area (Å²) in [6, 6.07) is 10.6. The lowest BCUT2D eigenvalue weighted by Gasteiger charge is -2.13. The number of hydrogen-bond donors (Lipinski definition) is 2. The van der Waals surface area contributed by atoms with Crippen molar-refractivity contribution < 1.29 is 9.53 Å². The van der Waals surface area contributed by atoms with E-state index in [4.69, 9.17) is 16.3 Å². The summed E-state index contributed by atoms with van der Waals surface area (Å²) in [4.78, 5) is 12.0. The van der Waals surface area contributed by atoms with Crippen molar-refractivity contribution in [3.8, 4) is 5.75 Å². The fourth-order valence-corrected chi connectivity index (χ4v) is 2.42. The molecule has 0 radical (unpaired) electrons. The molecule has 2 rings (SSSR count). The molecule has 0 aliphatic heterocycles. The van der Waals surface area contributed by atoms with Crippen molar-refractivity contribution in [1.82, 2.24) is 0 Å². The van der Waals surface area contributed by atoms with Crippen LogP contribution in [0.25, 0.3) is 0 Å². The maximum Gasteiger partial charge on any atom is 0.323 e. The zero-order valence-electron chi connectivity index (χ0n) is 12.2. The summed E-state index contributed by atoms with van der Waals surface area (Å²) in [5.74, 6) is 0.678. The van der Waals surface area contributed by atoms with E-state index in [1.165, 1.54) is 0 Å². The SMILES string of the molecule is COc1cccc(NC(=O)Nc2c(C)cc(C)cc2Cl)c1. The van der Waals surface area contributed by atoms with Crippen molar-refractivity contribution in [3.63, 3.8) is 0 Å². The number of urea groups is 1. The number of benzene rings is 2. The van der Waals surface area contributed by atoms with Gasteiger partial charge in [-0.1, -0.05) is 23.7 Å². The van der Waals surface area contributed by atoms with Gasteiger partial charge in [0.15, 0.2) is 0 Å². The molecule has 2 aromatic carbocycles. The van der Waals surface area contributed by atoms with Gasteiger partial charge in [0.05, 0.1) is 17.8 Å². The third-order valence-electron chi connectivity index (χ3n) is 3.00. The van der Waals surface area contributed by atoms with Crippen LogP contribution in [0.1, 0.15) is 11.1 Å². The van der Waals surface area contributed by atoms with Crippen LogP contribution in [0.3, 0.4) is 0 Å². The molecule has 110 valence electrons. The van der Waals surface area contributed by atoms with Gasteiger partial charge in [0.2, 0.25) is 0 Å². The second kappa shape index (κ2) is 6.50. The number of ether oxygens (including phenoxy) is 1. The number of aryl methyl sites for hydroxylation is 2. The van der Waals surface area contributed by atoms with Crippen molar-refractivity contribution in [1.29, 1.82) is 0 Å². The van der Waals surface area contributed by atoms with Crippen molar-refractivity contribution in [2.24, 2.45) is 0 Å². The molecule has 0 aliphatic carbocycles. The molecule has 0 spiro atoms. The molecule has 0 saturated heterocycles. The van der Waals surface area contributed by atoms with Gasteiger partial charge in [-0.15, -0.1) is 0 Å². The molecule has 0 atom stereocenters. The molecular weight excluding hydrogens is 288 g/mol. The van der Waals surface area contributed by atoms with Crippen LogP contribution >= 0.6 is 11.6 Å². The van der Waals surface area contributed by atoms with Crippen LogP contribution in [0.5, 0.6) is 5.75 Å². The number of hydrogen-bond acceptors (Lipinski definition) is 2. The molecule has 2 amide bonds. The Morgan fingerprint density at radius 2 is 1.90 bits per heavy atom. The number of carbonyl (C=O) groups excluding carboxylic acids is 1. The van der Waals surface area contributed by atoms with E-state index in [-0.39, 0.29) is 6.03 Å². The Balaban J connectivity index is 2.12. The second-order valence-corrected chi connectivity index (χ2v) is 5.16. The van der Waals surface area contributed by atoms with E-state index in [0.717, 1.165) is 11.1 Å². The highest BCUT2D eigenvalue weighted by atomic mass is 35.5. The predicted molar refractivity (Wildman–Crippen MR) is 86.6 cm³/mol. The lowest BCUT2D eigenvalue weighted by molar-refractivity contribution is 0.262. The first-order valence-electron chi connectivity index (χ1n) is 6.48. The molecule has 2 aromatic rings. The monoisotopic (exact) mass is 304 g/mol.